The molecule has 0 bridgehead atoms. The van der Waals surface area contributed by atoms with Crippen LogP contribution in [0.4, 0.5) is 4.79 Å². The molecule has 3 atom stereocenters. The smallest absolute Gasteiger partial charge is 0.407 e. The Labute approximate surface area is 130 Å². The zero-order valence-electron chi connectivity index (χ0n) is 13.5. The van der Waals surface area contributed by atoms with Crippen LogP contribution in [0.3, 0.4) is 0 Å². The van der Waals surface area contributed by atoms with Gasteiger partial charge < -0.3 is 20.1 Å². The normalized spacial score (nSPS) is 29.9. The zero-order valence-corrected chi connectivity index (χ0v) is 13.5. The van der Waals surface area contributed by atoms with Crippen molar-refractivity contribution in [2.45, 2.75) is 63.6 Å². The Kier molecular flexibility index (Phi) is 4.35. The number of amides is 2. The lowest BCUT2D eigenvalue weighted by Gasteiger charge is -2.20. The number of alkyl carbamates (subject to hydrolysis) is 1. The third-order valence-corrected chi connectivity index (χ3v) is 4.04. The van der Waals surface area contributed by atoms with E-state index in [4.69, 9.17) is 4.74 Å². The van der Waals surface area contributed by atoms with Gasteiger partial charge in [0.25, 0.3) is 0 Å². The van der Waals surface area contributed by atoms with Crippen LogP contribution in [0, 0.1) is 5.92 Å². The highest BCUT2D eigenvalue weighted by Crippen LogP contribution is 2.46. The lowest BCUT2D eigenvalue weighted by molar-refractivity contribution is -0.141. The Bertz CT molecular complexity index is 485. The molecule has 2 aliphatic rings. The summed E-state index contributed by atoms with van der Waals surface area (Å²) in [6.45, 7) is 5.40. The van der Waals surface area contributed by atoms with Crippen molar-refractivity contribution in [1.29, 1.82) is 0 Å². The van der Waals surface area contributed by atoms with Crippen LogP contribution in [-0.2, 0) is 19.1 Å². The van der Waals surface area contributed by atoms with Crippen molar-refractivity contribution in [1.82, 2.24) is 10.6 Å². The number of ether oxygens (including phenoxy) is 2. The standard InChI is InChI=1S/C15H24N2O5/c1-14(2,3)22-13(20)16-10-8-15(10)7-9(12(19)17-15)5-6-11(18)21-4/h9-10H,5-8H2,1-4H3,(H,16,20)(H,17,19)/t9-,10-,15-/m0/s1. The number of nitrogens with one attached hydrogen (secondary N) is 2. The molecule has 0 radical (unpaired) electrons. The molecule has 124 valence electrons. The second-order valence-electron chi connectivity index (χ2n) is 7.06. The van der Waals surface area contributed by atoms with Gasteiger partial charge in [-0.25, -0.2) is 4.79 Å². The van der Waals surface area contributed by atoms with Crippen LogP contribution in [0.15, 0.2) is 0 Å². The summed E-state index contributed by atoms with van der Waals surface area (Å²) in [5, 5.41) is 5.75. The predicted octanol–water partition coefficient (Wildman–Crippen LogP) is 1.11. The number of carbonyl (C=O) groups is 3. The van der Waals surface area contributed by atoms with Crippen molar-refractivity contribution in [3.05, 3.63) is 0 Å². The van der Waals surface area contributed by atoms with E-state index in [0.29, 0.717) is 19.3 Å². The highest BCUT2D eigenvalue weighted by molar-refractivity contribution is 5.84. The van der Waals surface area contributed by atoms with Gasteiger partial charge >= 0.3 is 12.1 Å². The summed E-state index contributed by atoms with van der Waals surface area (Å²) >= 11 is 0. The Morgan fingerprint density at radius 3 is 2.64 bits per heavy atom. The fraction of sp³-hybridized carbons (Fsp3) is 0.800. The molecule has 2 N–H and O–H groups in total. The number of hydrogen-bond donors (Lipinski definition) is 2. The van der Waals surface area contributed by atoms with E-state index in [1.807, 2.05) is 0 Å². The lowest BCUT2D eigenvalue weighted by atomic mass is 9.98. The van der Waals surface area contributed by atoms with Gasteiger partial charge in [0.1, 0.15) is 5.60 Å². The Hall–Kier alpha value is -1.79. The highest BCUT2D eigenvalue weighted by Gasteiger charge is 2.61. The van der Waals surface area contributed by atoms with Gasteiger partial charge in [-0.2, -0.15) is 0 Å². The molecular formula is C15H24N2O5. The van der Waals surface area contributed by atoms with Crippen LogP contribution >= 0.6 is 0 Å². The molecule has 1 saturated heterocycles. The molecule has 1 spiro atoms. The Balaban J connectivity index is 1.82. The minimum atomic E-state index is -0.548. The van der Waals surface area contributed by atoms with Gasteiger partial charge in [0, 0.05) is 12.3 Å². The molecule has 0 unspecified atom stereocenters. The average molecular weight is 312 g/mol. The first-order valence-electron chi connectivity index (χ1n) is 7.53. The van der Waals surface area contributed by atoms with Crippen molar-refractivity contribution < 1.29 is 23.9 Å². The second-order valence-corrected chi connectivity index (χ2v) is 7.06. The van der Waals surface area contributed by atoms with E-state index in [1.165, 1.54) is 7.11 Å². The number of rotatable bonds is 4. The van der Waals surface area contributed by atoms with Crippen LogP contribution in [0.1, 0.15) is 46.5 Å². The van der Waals surface area contributed by atoms with Gasteiger partial charge in [-0.1, -0.05) is 0 Å². The monoisotopic (exact) mass is 312 g/mol. The van der Waals surface area contributed by atoms with Gasteiger partial charge in [0.15, 0.2) is 0 Å². The highest BCUT2D eigenvalue weighted by atomic mass is 16.6. The molecule has 2 rings (SSSR count). The van der Waals surface area contributed by atoms with Crippen LogP contribution in [0.25, 0.3) is 0 Å². The molecule has 7 heteroatoms. The second kappa shape index (κ2) is 5.78. The molecule has 1 aliphatic heterocycles. The molecular weight excluding hydrogens is 288 g/mol. The predicted molar refractivity (Wildman–Crippen MR) is 78.0 cm³/mol. The van der Waals surface area contributed by atoms with Crippen molar-refractivity contribution in [3.8, 4) is 0 Å². The fourth-order valence-corrected chi connectivity index (χ4v) is 2.87. The van der Waals surface area contributed by atoms with E-state index in [-0.39, 0.29) is 35.8 Å². The van der Waals surface area contributed by atoms with E-state index in [9.17, 15) is 14.4 Å². The third kappa shape index (κ3) is 3.90. The van der Waals surface area contributed by atoms with Crippen LogP contribution in [0.2, 0.25) is 0 Å². The molecule has 0 aromatic carbocycles. The average Bonchev–Trinajstić information content (AvgIpc) is 2.90. The van der Waals surface area contributed by atoms with Crippen molar-refractivity contribution in [3.63, 3.8) is 0 Å². The first-order valence-corrected chi connectivity index (χ1v) is 7.53. The van der Waals surface area contributed by atoms with Crippen molar-refractivity contribution in [2.24, 2.45) is 5.92 Å². The first kappa shape index (κ1) is 16.6. The zero-order chi connectivity index (χ0) is 16.5. The lowest BCUT2D eigenvalue weighted by Crippen LogP contribution is -2.40. The SMILES string of the molecule is COC(=O)CC[C@H]1C[C@@]2(C[C@@H]2NC(=O)OC(C)(C)C)NC1=O. The maximum absolute atomic E-state index is 12.0. The van der Waals surface area contributed by atoms with Gasteiger partial charge in [-0.15, -0.1) is 0 Å². The van der Waals surface area contributed by atoms with Crippen LogP contribution in [-0.4, -0.2) is 42.3 Å². The Morgan fingerprint density at radius 1 is 1.36 bits per heavy atom. The summed E-state index contributed by atoms with van der Waals surface area (Å²) in [6.07, 6.45) is 1.56. The van der Waals surface area contributed by atoms with E-state index in [1.54, 1.807) is 20.8 Å². The van der Waals surface area contributed by atoms with E-state index in [2.05, 4.69) is 15.4 Å². The maximum atomic E-state index is 12.0. The summed E-state index contributed by atoms with van der Waals surface area (Å²) in [5.41, 5.74) is -0.914. The van der Waals surface area contributed by atoms with Gasteiger partial charge in [0.2, 0.25) is 5.91 Å². The molecule has 22 heavy (non-hydrogen) atoms. The topological polar surface area (TPSA) is 93.7 Å². The van der Waals surface area contributed by atoms with E-state index >= 15 is 0 Å². The molecule has 2 amide bonds. The van der Waals surface area contributed by atoms with Crippen molar-refractivity contribution >= 4 is 18.0 Å². The summed E-state index contributed by atoms with van der Waals surface area (Å²) in [4.78, 5) is 34.9. The number of hydrogen-bond acceptors (Lipinski definition) is 5. The van der Waals surface area contributed by atoms with E-state index < -0.39 is 11.7 Å². The number of methoxy groups -OCH3 is 1. The van der Waals surface area contributed by atoms with Crippen LogP contribution in [0.5, 0.6) is 0 Å². The number of esters is 1. The summed E-state index contributed by atoms with van der Waals surface area (Å²) in [5.74, 6) is -0.574. The van der Waals surface area contributed by atoms with Gasteiger partial charge in [0.05, 0.1) is 18.7 Å². The molecule has 1 heterocycles. The Morgan fingerprint density at radius 2 is 2.05 bits per heavy atom. The summed E-state index contributed by atoms with van der Waals surface area (Å²) in [7, 11) is 1.33. The molecule has 7 nitrogen and oxygen atoms in total. The minimum absolute atomic E-state index is 0.0580. The van der Waals surface area contributed by atoms with Gasteiger partial charge in [-0.05, 0) is 40.0 Å². The summed E-state index contributed by atoms with van der Waals surface area (Å²) < 4.78 is 9.80. The van der Waals surface area contributed by atoms with E-state index in [0.717, 1.165) is 0 Å². The fourth-order valence-electron chi connectivity index (χ4n) is 2.87. The molecule has 2 fully saturated rings. The molecule has 1 aliphatic carbocycles. The molecule has 1 saturated carbocycles. The molecule has 0 aromatic heterocycles. The largest absolute Gasteiger partial charge is 0.469 e. The minimum Gasteiger partial charge on any atom is -0.469 e. The summed E-state index contributed by atoms with van der Waals surface area (Å²) in [6, 6.07) is -0.102. The van der Waals surface area contributed by atoms with Gasteiger partial charge in [-0.3, -0.25) is 9.59 Å². The first-order chi connectivity index (χ1) is 10.1. The number of carbonyl (C=O) groups excluding carboxylic acids is 3. The van der Waals surface area contributed by atoms with Crippen LogP contribution < -0.4 is 10.6 Å². The quantitative estimate of drug-likeness (QED) is 0.759. The molecule has 0 aromatic rings. The van der Waals surface area contributed by atoms with Crippen molar-refractivity contribution in [2.75, 3.05) is 7.11 Å². The third-order valence-electron chi connectivity index (χ3n) is 4.04. The maximum Gasteiger partial charge on any atom is 0.407 e.